The van der Waals surface area contributed by atoms with Crippen molar-refractivity contribution < 1.29 is 0 Å². The predicted octanol–water partition coefficient (Wildman–Crippen LogP) is 6.46. The van der Waals surface area contributed by atoms with Gasteiger partial charge in [0.05, 0.1) is 0 Å². The molecule has 10 atom stereocenters. The summed E-state index contributed by atoms with van der Waals surface area (Å²) >= 11 is 0. The van der Waals surface area contributed by atoms with Crippen molar-refractivity contribution in [2.45, 2.75) is 91.1 Å². The number of hydrogen-bond acceptors (Lipinski definition) is 1. The highest BCUT2D eigenvalue weighted by Gasteiger charge is 2.66. The maximum absolute atomic E-state index is 3.04. The number of fused-ring (bicyclic) bond motifs is 9. The van der Waals surface area contributed by atoms with E-state index in [0.717, 1.165) is 47.6 Å². The zero-order valence-electron chi connectivity index (χ0n) is 18.7. The minimum absolute atomic E-state index is 0.477. The van der Waals surface area contributed by atoms with E-state index in [9.17, 15) is 0 Å². The number of nitrogens with zero attached hydrogens (tertiary/aromatic N) is 1. The number of rotatable bonds is 0. The Balaban J connectivity index is 1.35. The first-order chi connectivity index (χ1) is 13.4. The van der Waals surface area contributed by atoms with E-state index in [0.29, 0.717) is 10.8 Å². The van der Waals surface area contributed by atoms with Gasteiger partial charge >= 0.3 is 0 Å². The highest BCUT2D eigenvalue weighted by molar-refractivity contribution is 5.34. The van der Waals surface area contributed by atoms with Gasteiger partial charge in [-0.3, -0.25) is 4.90 Å². The van der Waals surface area contributed by atoms with Crippen LogP contribution < -0.4 is 0 Å². The molecule has 2 saturated heterocycles. The van der Waals surface area contributed by atoms with Crippen molar-refractivity contribution in [3.8, 4) is 0 Å². The summed E-state index contributed by atoms with van der Waals surface area (Å²) in [5.41, 5.74) is 2.78. The summed E-state index contributed by atoms with van der Waals surface area (Å²) < 4.78 is 0. The summed E-state index contributed by atoms with van der Waals surface area (Å²) in [6.07, 6.45) is 19.1. The lowest BCUT2D eigenvalue weighted by Gasteiger charge is -2.57. The molecular formula is C27H41N. The minimum atomic E-state index is 0.477. The summed E-state index contributed by atoms with van der Waals surface area (Å²) in [6, 6.07) is 1.81. The van der Waals surface area contributed by atoms with Gasteiger partial charge in [0.1, 0.15) is 0 Å². The van der Waals surface area contributed by atoms with E-state index in [-0.39, 0.29) is 0 Å². The second kappa shape index (κ2) is 5.99. The van der Waals surface area contributed by atoms with Gasteiger partial charge in [-0.25, -0.2) is 0 Å². The van der Waals surface area contributed by atoms with Gasteiger partial charge in [0, 0.05) is 18.6 Å². The summed E-state index contributed by atoms with van der Waals surface area (Å²) in [4.78, 5) is 3.04. The monoisotopic (exact) mass is 379 g/mol. The van der Waals surface area contributed by atoms with Crippen LogP contribution in [0.4, 0.5) is 0 Å². The molecular weight excluding hydrogens is 338 g/mol. The van der Waals surface area contributed by atoms with Gasteiger partial charge in [-0.2, -0.15) is 0 Å². The number of piperidine rings is 1. The van der Waals surface area contributed by atoms with Crippen molar-refractivity contribution in [1.29, 1.82) is 0 Å². The third-order valence-electron chi connectivity index (χ3n) is 11.3. The maximum Gasteiger partial charge on any atom is 0.0138 e. The van der Waals surface area contributed by atoms with Crippen LogP contribution in [0, 0.1) is 46.3 Å². The highest BCUT2D eigenvalue weighted by atomic mass is 15.2. The fourth-order valence-electron chi connectivity index (χ4n) is 10.0. The molecule has 4 fully saturated rings. The molecule has 0 aromatic carbocycles. The van der Waals surface area contributed by atoms with E-state index >= 15 is 0 Å². The Hall–Kier alpha value is -0.560. The van der Waals surface area contributed by atoms with Crippen LogP contribution in [0.25, 0.3) is 0 Å². The molecule has 0 aromatic rings. The maximum atomic E-state index is 3.04. The Morgan fingerprint density at radius 3 is 2.71 bits per heavy atom. The Morgan fingerprint density at radius 2 is 1.86 bits per heavy atom. The van der Waals surface area contributed by atoms with Crippen LogP contribution in [0.2, 0.25) is 0 Å². The van der Waals surface area contributed by atoms with Gasteiger partial charge in [-0.05, 0) is 103 Å². The molecule has 4 aliphatic carbocycles. The van der Waals surface area contributed by atoms with Crippen LogP contribution in [-0.2, 0) is 0 Å². The topological polar surface area (TPSA) is 3.24 Å². The van der Waals surface area contributed by atoms with E-state index in [1.807, 2.05) is 0 Å². The van der Waals surface area contributed by atoms with Crippen LogP contribution in [0.5, 0.6) is 0 Å². The Bertz CT molecular complexity index is 720. The lowest BCUT2D eigenvalue weighted by molar-refractivity contribution is -0.0452. The van der Waals surface area contributed by atoms with Crippen LogP contribution in [0.3, 0.4) is 0 Å². The van der Waals surface area contributed by atoms with E-state index in [2.05, 4.69) is 50.8 Å². The number of hydrogen-bond donors (Lipinski definition) is 0. The first-order valence-electron chi connectivity index (χ1n) is 12.6. The predicted molar refractivity (Wildman–Crippen MR) is 117 cm³/mol. The molecule has 1 heteroatoms. The second-order valence-electron chi connectivity index (χ2n) is 12.3. The van der Waals surface area contributed by atoms with E-state index in [1.165, 1.54) is 57.9 Å². The third-order valence-corrected chi connectivity index (χ3v) is 11.3. The average Bonchev–Trinajstić information content (AvgIpc) is 3.14. The second-order valence-corrected chi connectivity index (χ2v) is 12.3. The first-order valence-corrected chi connectivity index (χ1v) is 12.6. The van der Waals surface area contributed by atoms with E-state index in [4.69, 9.17) is 0 Å². The zero-order chi connectivity index (χ0) is 19.3. The van der Waals surface area contributed by atoms with Gasteiger partial charge in [0.25, 0.3) is 0 Å². The summed E-state index contributed by atoms with van der Waals surface area (Å²) in [5, 5.41) is 0. The van der Waals surface area contributed by atoms with Crippen molar-refractivity contribution in [2.75, 3.05) is 6.54 Å². The molecule has 154 valence electrons. The van der Waals surface area contributed by atoms with Gasteiger partial charge < -0.3 is 0 Å². The molecule has 2 aliphatic heterocycles. The molecule has 10 unspecified atom stereocenters. The molecule has 0 bridgehead atoms. The fraction of sp³-hybridized carbons (Fsp3) is 0.852. The van der Waals surface area contributed by atoms with Gasteiger partial charge in [0.15, 0.2) is 0 Å². The van der Waals surface area contributed by atoms with Crippen LogP contribution in [0.15, 0.2) is 23.8 Å². The van der Waals surface area contributed by atoms with Gasteiger partial charge in [0.2, 0.25) is 0 Å². The fourth-order valence-corrected chi connectivity index (χ4v) is 10.0. The van der Waals surface area contributed by atoms with E-state index < -0.39 is 0 Å². The summed E-state index contributed by atoms with van der Waals surface area (Å²) in [6.45, 7) is 11.9. The van der Waals surface area contributed by atoms with Crippen molar-refractivity contribution in [3.63, 3.8) is 0 Å². The minimum Gasteiger partial charge on any atom is -0.297 e. The molecule has 0 N–H and O–H groups in total. The highest BCUT2D eigenvalue weighted by Crippen LogP contribution is 2.69. The molecule has 0 spiro atoms. The van der Waals surface area contributed by atoms with Crippen molar-refractivity contribution in [1.82, 2.24) is 4.90 Å². The van der Waals surface area contributed by atoms with Crippen molar-refractivity contribution in [2.24, 2.45) is 46.3 Å². The molecule has 6 rings (SSSR count). The van der Waals surface area contributed by atoms with Crippen LogP contribution in [0.1, 0.15) is 79.1 Å². The van der Waals surface area contributed by atoms with Crippen LogP contribution in [-0.4, -0.2) is 23.5 Å². The Kier molecular flexibility index (Phi) is 3.90. The third kappa shape index (κ3) is 2.18. The Morgan fingerprint density at radius 1 is 1.00 bits per heavy atom. The average molecular weight is 380 g/mol. The molecule has 28 heavy (non-hydrogen) atoms. The SMILES string of the molecule is CC1CCC2C(C)C3C(CC4C5CC=C6C=CCCC6(C)C5CCC43C)N2C1. The standard InChI is InChI=1S/C27H41N/c1-17-8-11-23-18(2)25-24(28(23)16-17)15-22-20-10-9-19-7-5-6-13-26(19,3)21(20)12-14-27(22,25)4/h5,7,9,17-18,20-25H,6,8,10-16H2,1-4H3. The molecule has 0 aromatic heterocycles. The molecule has 0 amide bonds. The van der Waals surface area contributed by atoms with Crippen molar-refractivity contribution in [3.05, 3.63) is 23.8 Å². The molecule has 0 radical (unpaired) electrons. The molecule has 6 aliphatic rings. The van der Waals surface area contributed by atoms with Gasteiger partial charge in [-0.15, -0.1) is 0 Å². The largest absolute Gasteiger partial charge is 0.297 e. The van der Waals surface area contributed by atoms with Crippen LogP contribution >= 0.6 is 0 Å². The summed E-state index contributed by atoms with van der Waals surface area (Å²) in [7, 11) is 0. The van der Waals surface area contributed by atoms with E-state index in [1.54, 1.807) is 5.57 Å². The smallest absolute Gasteiger partial charge is 0.0138 e. The lowest BCUT2D eigenvalue weighted by atomic mass is 9.47. The van der Waals surface area contributed by atoms with Gasteiger partial charge in [-0.1, -0.05) is 45.9 Å². The van der Waals surface area contributed by atoms with Crippen molar-refractivity contribution >= 4 is 0 Å². The molecule has 2 heterocycles. The normalized spacial score (nSPS) is 57.6. The molecule has 2 saturated carbocycles. The summed E-state index contributed by atoms with van der Waals surface area (Å²) in [5.74, 6) is 5.68. The lowest BCUT2D eigenvalue weighted by Crippen LogP contribution is -2.50. The quantitative estimate of drug-likeness (QED) is 0.467. The first kappa shape index (κ1) is 18.2. The molecule has 1 nitrogen and oxygen atoms in total. The Labute approximate surface area is 173 Å². The number of allylic oxidation sites excluding steroid dienone is 4. The zero-order valence-corrected chi connectivity index (χ0v) is 18.7.